The Labute approximate surface area is 197 Å². The van der Waals surface area contributed by atoms with Crippen LogP contribution < -0.4 is 21.5 Å². The molecule has 34 heavy (non-hydrogen) atoms. The Hall–Kier alpha value is -3.59. The van der Waals surface area contributed by atoms with Gasteiger partial charge in [-0.3, -0.25) is 18.7 Å². The van der Waals surface area contributed by atoms with E-state index in [1.165, 1.54) is 4.57 Å². The van der Waals surface area contributed by atoms with E-state index in [2.05, 4.69) is 5.32 Å². The second kappa shape index (κ2) is 9.72. The van der Waals surface area contributed by atoms with E-state index in [1.54, 1.807) is 29.9 Å². The van der Waals surface area contributed by atoms with Crippen LogP contribution in [0.4, 0.5) is 5.69 Å². The molecule has 9 heteroatoms. The lowest BCUT2D eigenvalue weighted by Gasteiger charge is -2.28. The minimum atomic E-state index is -0.623. The summed E-state index contributed by atoms with van der Waals surface area (Å²) in [5.41, 5.74) is 8.27. The highest BCUT2D eigenvalue weighted by molar-refractivity contribution is 6.04. The fourth-order valence-electron chi connectivity index (χ4n) is 4.94. The molecule has 1 fully saturated rings. The Morgan fingerprint density at radius 1 is 1.18 bits per heavy atom. The Bertz CT molecular complexity index is 1280. The number of methoxy groups -OCH3 is 1. The number of carbonyl (C=O) groups is 2. The third kappa shape index (κ3) is 4.31. The minimum Gasteiger partial charge on any atom is -0.496 e. The number of imidazole rings is 1. The smallest absolute Gasteiger partial charge is 0.329 e. The number of nitrogens with one attached hydrogen (secondary N) is 1. The first-order valence-electron chi connectivity index (χ1n) is 11.5. The van der Waals surface area contributed by atoms with Crippen LogP contribution in [0.15, 0.2) is 41.2 Å². The van der Waals surface area contributed by atoms with Gasteiger partial charge in [0.25, 0.3) is 5.91 Å². The van der Waals surface area contributed by atoms with E-state index in [0.29, 0.717) is 42.4 Å². The number of para-hydroxylation sites is 1. The normalized spacial score (nSPS) is 18.1. The van der Waals surface area contributed by atoms with Gasteiger partial charge in [-0.1, -0.05) is 12.1 Å². The summed E-state index contributed by atoms with van der Waals surface area (Å²) in [6, 6.07) is 10.5. The molecule has 1 aromatic heterocycles. The molecule has 0 unspecified atom stereocenters. The Balaban J connectivity index is 1.54. The summed E-state index contributed by atoms with van der Waals surface area (Å²) in [7, 11) is 1.60. The largest absolute Gasteiger partial charge is 0.496 e. The summed E-state index contributed by atoms with van der Waals surface area (Å²) in [5, 5.41) is 12.5. The first-order valence-corrected chi connectivity index (χ1v) is 11.5. The molecule has 180 valence electrons. The highest BCUT2D eigenvalue weighted by atomic mass is 16.5. The highest BCUT2D eigenvalue weighted by Gasteiger charge is 2.30. The number of nitrogens with zero attached hydrogens (tertiary/aromatic N) is 2. The molecule has 2 amide bonds. The van der Waals surface area contributed by atoms with Crippen LogP contribution in [0.1, 0.15) is 47.6 Å². The van der Waals surface area contributed by atoms with E-state index in [4.69, 9.17) is 10.5 Å². The number of aromatic nitrogens is 2. The Kier molecular flexibility index (Phi) is 6.74. The molecule has 1 aliphatic carbocycles. The van der Waals surface area contributed by atoms with Gasteiger partial charge in [-0.15, -0.1) is 0 Å². The van der Waals surface area contributed by atoms with Crippen molar-refractivity contribution in [2.24, 2.45) is 11.7 Å². The molecule has 9 nitrogen and oxygen atoms in total. The number of rotatable bonds is 7. The van der Waals surface area contributed by atoms with Crippen molar-refractivity contribution in [2.45, 2.75) is 45.2 Å². The summed E-state index contributed by atoms with van der Waals surface area (Å²) in [4.78, 5) is 38.1. The molecule has 0 atom stereocenters. The van der Waals surface area contributed by atoms with Gasteiger partial charge in [-0.25, -0.2) is 4.79 Å². The van der Waals surface area contributed by atoms with Crippen LogP contribution in [0.5, 0.6) is 5.75 Å². The van der Waals surface area contributed by atoms with Crippen LogP contribution in [0.3, 0.4) is 0 Å². The molecule has 0 spiro atoms. The molecular weight excluding hydrogens is 436 g/mol. The van der Waals surface area contributed by atoms with Gasteiger partial charge in [0.2, 0.25) is 5.91 Å². The topological polar surface area (TPSA) is 129 Å². The van der Waals surface area contributed by atoms with Gasteiger partial charge in [0, 0.05) is 23.7 Å². The summed E-state index contributed by atoms with van der Waals surface area (Å²) in [5.74, 6) is -0.111. The van der Waals surface area contributed by atoms with Crippen molar-refractivity contribution in [3.63, 3.8) is 0 Å². The summed E-state index contributed by atoms with van der Waals surface area (Å²) in [6.45, 7) is 1.78. The van der Waals surface area contributed by atoms with Crippen LogP contribution in [-0.2, 0) is 11.3 Å². The van der Waals surface area contributed by atoms with E-state index in [-0.39, 0.29) is 42.3 Å². The molecule has 4 rings (SSSR count). The minimum absolute atomic E-state index is 0.0459. The van der Waals surface area contributed by atoms with Gasteiger partial charge in [0.05, 0.1) is 36.9 Å². The quantitative estimate of drug-likeness (QED) is 0.493. The SMILES string of the molecule is COc1cc(NC(=O)C2CCC(n3c(=O)n(CCO)c4c(C(N)=O)cccc43)CC2)ccc1C. The standard InChI is InChI=1S/C25H30N4O5/c1-15-6-9-17(14-21(15)34-2)27-24(32)16-7-10-18(11-8-16)29-20-5-3-4-19(23(26)31)22(20)28(12-13-30)25(29)33/h3-6,9,14,16,18,30H,7-8,10-13H2,1-2H3,(H2,26,31)(H,27,32). The van der Waals surface area contributed by atoms with Crippen LogP contribution in [0.25, 0.3) is 11.0 Å². The number of fused-ring (bicyclic) bond motifs is 1. The van der Waals surface area contributed by atoms with Crippen LogP contribution in [-0.4, -0.2) is 39.8 Å². The molecule has 1 saturated carbocycles. The number of hydrogen-bond donors (Lipinski definition) is 3. The predicted molar refractivity (Wildman–Crippen MR) is 129 cm³/mol. The fourth-order valence-corrected chi connectivity index (χ4v) is 4.94. The zero-order valence-corrected chi connectivity index (χ0v) is 19.4. The number of ether oxygens (including phenoxy) is 1. The molecule has 0 radical (unpaired) electrons. The predicted octanol–water partition coefficient (Wildman–Crippen LogP) is 2.58. The number of anilines is 1. The lowest BCUT2D eigenvalue weighted by atomic mass is 9.85. The van der Waals surface area contributed by atoms with Crippen LogP contribution in [0, 0.1) is 12.8 Å². The number of benzene rings is 2. The van der Waals surface area contributed by atoms with Gasteiger partial charge in [0.15, 0.2) is 0 Å². The van der Waals surface area contributed by atoms with Crippen LogP contribution in [0.2, 0.25) is 0 Å². The zero-order chi connectivity index (χ0) is 24.4. The number of aryl methyl sites for hydroxylation is 1. The molecule has 0 aliphatic heterocycles. The number of hydrogen-bond acceptors (Lipinski definition) is 5. The average molecular weight is 467 g/mol. The second-order valence-electron chi connectivity index (χ2n) is 8.74. The molecule has 4 N–H and O–H groups in total. The zero-order valence-electron chi connectivity index (χ0n) is 19.4. The third-order valence-electron chi connectivity index (χ3n) is 6.68. The van der Waals surface area contributed by atoms with E-state index >= 15 is 0 Å². The lowest BCUT2D eigenvalue weighted by molar-refractivity contribution is -0.121. The van der Waals surface area contributed by atoms with E-state index in [9.17, 15) is 19.5 Å². The monoisotopic (exact) mass is 466 g/mol. The number of nitrogens with two attached hydrogens (primary N) is 1. The number of primary amides is 1. The van der Waals surface area contributed by atoms with Crippen molar-refractivity contribution in [2.75, 3.05) is 19.0 Å². The van der Waals surface area contributed by atoms with Crippen molar-refractivity contribution in [1.82, 2.24) is 9.13 Å². The third-order valence-corrected chi connectivity index (χ3v) is 6.68. The molecular formula is C25H30N4O5. The summed E-state index contributed by atoms with van der Waals surface area (Å²) in [6.07, 6.45) is 2.56. The lowest BCUT2D eigenvalue weighted by Crippen LogP contribution is -2.33. The number of amides is 2. The number of aliphatic hydroxyl groups is 1. The fraction of sp³-hybridized carbons (Fsp3) is 0.400. The Morgan fingerprint density at radius 2 is 1.91 bits per heavy atom. The molecule has 0 bridgehead atoms. The van der Waals surface area contributed by atoms with Crippen molar-refractivity contribution in [1.29, 1.82) is 0 Å². The molecule has 3 aromatic rings. The van der Waals surface area contributed by atoms with Crippen molar-refractivity contribution < 1.29 is 19.4 Å². The second-order valence-corrected chi connectivity index (χ2v) is 8.74. The molecule has 2 aromatic carbocycles. The van der Waals surface area contributed by atoms with Crippen LogP contribution >= 0.6 is 0 Å². The average Bonchev–Trinajstić information content (AvgIpc) is 3.11. The highest BCUT2D eigenvalue weighted by Crippen LogP contribution is 2.35. The van der Waals surface area contributed by atoms with Gasteiger partial charge < -0.3 is 20.9 Å². The van der Waals surface area contributed by atoms with E-state index < -0.39 is 5.91 Å². The summed E-state index contributed by atoms with van der Waals surface area (Å²) >= 11 is 0. The first kappa shape index (κ1) is 23.6. The van der Waals surface area contributed by atoms with Crippen molar-refractivity contribution in [3.05, 3.63) is 58.0 Å². The van der Waals surface area contributed by atoms with Gasteiger partial charge >= 0.3 is 5.69 Å². The molecule has 1 aliphatic rings. The van der Waals surface area contributed by atoms with E-state index in [1.807, 2.05) is 25.1 Å². The van der Waals surface area contributed by atoms with Crippen molar-refractivity contribution >= 4 is 28.5 Å². The Morgan fingerprint density at radius 3 is 2.56 bits per heavy atom. The maximum atomic E-state index is 13.3. The number of carbonyl (C=O) groups excluding carboxylic acids is 2. The van der Waals surface area contributed by atoms with Crippen molar-refractivity contribution in [3.8, 4) is 5.75 Å². The van der Waals surface area contributed by atoms with E-state index in [0.717, 1.165) is 11.3 Å². The molecule has 1 heterocycles. The van der Waals surface area contributed by atoms with Gasteiger partial charge in [-0.05, 0) is 56.4 Å². The van der Waals surface area contributed by atoms with Gasteiger partial charge in [-0.2, -0.15) is 0 Å². The maximum Gasteiger partial charge on any atom is 0.329 e. The summed E-state index contributed by atoms with van der Waals surface area (Å²) < 4.78 is 8.44. The van der Waals surface area contributed by atoms with Gasteiger partial charge in [0.1, 0.15) is 5.75 Å². The molecule has 0 saturated heterocycles. The maximum absolute atomic E-state index is 13.3. The first-order chi connectivity index (χ1) is 16.3. The number of aliphatic hydroxyl groups excluding tert-OH is 1.